The molecule has 26 heavy (non-hydrogen) atoms. The monoisotopic (exact) mass is 354 g/mol. The second-order valence-electron chi connectivity index (χ2n) is 6.76. The fraction of sp³-hybridized carbons (Fsp3) is 0.409. The quantitative estimate of drug-likeness (QED) is 0.709. The zero-order chi connectivity index (χ0) is 18.5. The predicted octanol–water partition coefficient (Wildman–Crippen LogP) is 3.84. The summed E-state index contributed by atoms with van der Waals surface area (Å²) in [6, 6.07) is 14.4. The Morgan fingerprint density at radius 1 is 0.923 bits per heavy atom. The van der Waals surface area contributed by atoms with E-state index < -0.39 is 0 Å². The van der Waals surface area contributed by atoms with Crippen LogP contribution in [0.4, 0.5) is 0 Å². The third-order valence-electron chi connectivity index (χ3n) is 5.14. The fourth-order valence-electron chi connectivity index (χ4n) is 3.53. The maximum absolute atomic E-state index is 12.3. The molecule has 3 rings (SSSR count). The number of benzene rings is 2. The Labute approximate surface area is 155 Å². The van der Waals surface area contributed by atoms with Crippen LogP contribution in [0.25, 0.3) is 0 Å². The minimum atomic E-state index is -0.101. The SMILES string of the molecule is CCc1ccc(C[C@H]2C(=O)OC[C@@H]2Cc2ccc(OC)c(OC)c2)cc1. The lowest BCUT2D eigenvalue weighted by molar-refractivity contribution is -0.141. The van der Waals surface area contributed by atoms with Crippen LogP contribution in [-0.2, 0) is 28.8 Å². The maximum Gasteiger partial charge on any atom is 0.309 e. The molecule has 0 aliphatic carbocycles. The van der Waals surface area contributed by atoms with Crippen LogP contribution < -0.4 is 9.47 Å². The third kappa shape index (κ3) is 4.01. The normalized spacial score (nSPS) is 19.3. The van der Waals surface area contributed by atoms with E-state index in [-0.39, 0.29) is 17.8 Å². The Morgan fingerprint density at radius 3 is 2.23 bits per heavy atom. The van der Waals surface area contributed by atoms with Crippen LogP contribution in [0.15, 0.2) is 42.5 Å². The van der Waals surface area contributed by atoms with Gasteiger partial charge in [-0.2, -0.15) is 0 Å². The van der Waals surface area contributed by atoms with Crippen molar-refractivity contribution in [2.75, 3.05) is 20.8 Å². The summed E-state index contributed by atoms with van der Waals surface area (Å²) in [5, 5.41) is 0. The Kier molecular flexibility index (Phi) is 5.82. The van der Waals surface area contributed by atoms with Crippen molar-refractivity contribution >= 4 is 5.97 Å². The van der Waals surface area contributed by atoms with Crippen molar-refractivity contribution in [3.05, 3.63) is 59.2 Å². The minimum Gasteiger partial charge on any atom is -0.493 e. The largest absolute Gasteiger partial charge is 0.493 e. The number of rotatable bonds is 7. The highest BCUT2D eigenvalue weighted by Gasteiger charge is 2.36. The van der Waals surface area contributed by atoms with Gasteiger partial charge in [-0.05, 0) is 48.1 Å². The maximum atomic E-state index is 12.3. The van der Waals surface area contributed by atoms with Crippen LogP contribution in [0.1, 0.15) is 23.6 Å². The van der Waals surface area contributed by atoms with Gasteiger partial charge in [-0.3, -0.25) is 4.79 Å². The molecule has 4 nitrogen and oxygen atoms in total. The Morgan fingerprint density at radius 2 is 1.58 bits per heavy atom. The average Bonchev–Trinajstić information content (AvgIpc) is 3.02. The molecule has 1 heterocycles. The van der Waals surface area contributed by atoms with Gasteiger partial charge in [0.05, 0.1) is 26.7 Å². The molecule has 0 bridgehead atoms. The van der Waals surface area contributed by atoms with E-state index >= 15 is 0 Å². The molecule has 1 aliphatic heterocycles. The molecular formula is C22H26O4. The highest BCUT2D eigenvalue weighted by Crippen LogP contribution is 2.33. The van der Waals surface area contributed by atoms with Crippen LogP contribution in [0.2, 0.25) is 0 Å². The predicted molar refractivity (Wildman–Crippen MR) is 101 cm³/mol. The Balaban J connectivity index is 1.73. The first kappa shape index (κ1) is 18.3. The van der Waals surface area contributed by atoms with Crippen molar-refractivity contribution < 1.29 is 19.0 Å². The molecule has 1 saturated heterocycles. The molecule has 2 aromatic carbocycles. The lowest BCUT2D eigenvalue weighted by Crippen LogP contribution is -2.20. The summed E-state index contributed by atoms with van der Waals surface area (Å²) in [4.78, 5) is 12.3. The van der Waals surface area contributed by atoms with Gasteiger partial charge in [-0.15, -0.1) is 0 Å². The van der Waals surface area contributed by atoms with Crippen molar-refractivity contribution in [2.45, 2.75) is 26.2 Å². The zero-order valence-corrected chi connectivity index (χ0v) is 15.7. The van der Waals surface area contributed by atoms with E-state index in [0.29, 0.717) is 18.1 Å². The van der Waals surface area contributed by atoms with E-state index in [0.717, 1.165) is 24.8 Å². The van der Waals surface area contributed by atoms with E-state index in [1.54, 1.807) is 14.2 Å². The second-order valence-corrected chi connectivity index (χ2v) is 6.76. The second kappa shape index (κ2) is 8.26. The third-order valence-corrected chi connectivity index (χ3v) is 5.14. The summed E-state index contributed by atoms with van der Waals surface area (Å²) in [6.45, 7) is 2.62. The molecule has 2 aromatic rings. The van der Waals surface area contributed by atoms with Gasteiger partial charge in [0.1, 0.15) is 0 Å². The molecule has 2 atom stereocenters. The Hall–Kier alpha value is -2.49. The number of methoxy groups -OCH3 is 2. The van der Waals surface area contributed by atoms with Gasteiger partial charge < -0.3 is 14.2 Å². The van der Waals surface area contributed by atoms with E-state index in [4.69, 9.17) is 14.2 Å². The highest BCUT2D eigenvalue weighted by atomic mass is 16.5. The lowest BCUT2D eigenvalue weighted by Gasteiger charge is -2.17. The molecule has 1 aliphatic rings. The first-order valence-electron chi connectivity index (χ1n) is 9.10. The van der Waals surface area contributed by atoms with E-state index in [9.17, 15) is 4.79 Å². The standard InChI is InChI=1S/C22H26O4/c1-4-15-5-7-16(8-6-15)12-19-18(14-26-22(19)23)11-17-9-10-20(24-2)21(13-17)25-3/h5-10,13,18-19H,4,11-12,14H2,1-3H3/t18-,19+/m0/s1. The van der Waals surface area contributed by atoms with E-state index in [1.807, 2.05) is 18.2 Å². The molecule has 0 unspecified atom stereocenters. The van der Waals surface area contributed by atoms with Crippen molar-refractivity contribution in [3.63, 3.8) is 0 Å². The molecule has 4 heteroatoms. The zero-order valence-electron chi connectivity index (χ0n) is 15.7. The molecular weight excluding hydrogens is 328 g/mol. The fourth-order valence-corrected chi connectivity index (χ4v) is 3.53. The summed E-state index contributed by atoms with van der Waals surface area (Å²) in [5.41, 5.74) is 3.62. The van der Waals surface area contributed by atoms with Crippen molar-refractivity contribution in [3.8, 4) is 11.5 Å². The van der Waals surface area contributed by atoms with Crippen LogP contribution in [-0.4, -0.2) is 26.8 Å². The van der Waals surface area contributed by atoms with Crippen LogP contribution in [0, 0.1) is 11.8 Å². The molecule has 0 N–H and O–H groups in total. The number of hydrogen-bond donors (Lipinski definition) is 0. The number of esters is 1. The number of hydrogen-bond acceptors (Lipinski definition) is 4. The molecule has 0 aromatic heterocycles. The van der Waals surface area contributed by atoms with Crippen molar-refractivity contribution in [2.24, 2.45) is 11.8 Å². The van der Waals surface area contributed by atoms with Crippen molar-refractivity contribution in [1.29, 1.82) is 0 Å². The number of ether oxygens (including phenoxy) is 3. The van der Waals surface area contributed by atoms with Crippen LogP contribution in [0.5, 0.6) is 11.5 Å². The Bertz CT molecular complexity index is 751. The molecule has 0 amide bonds. The summed E-state index contributed by atoms with van der Waals surface area (Å²) in [6.07, 6.45) is 2.53. The summed E-state index contributed by atoms with van der Waals surface area (Å²) in [7, 11) is 3.26. The number of aryl methyl sites for hydroxylation is 1. The summed E-state index contributed by atoms with van der Waals surface area (Å²) in [5.74, 6) is 1.40. The van der Waals surface area contributed by atoms with Gasteiger partial charge in [-0.25, -0.2) is 0 Å². The number of carbonyl (C=O) groups is 1. The topological polar surface area (TPSA) is 44.8 Å². The number of carbonyl (C=O) groups excluding carboxylic acids is 1. The van der Waals surface area contributed by atoms with Gasteiger partial charge in [0, 0.05) is 5.92 Å². The highest BCUT2D eigenvalue weighted by molar-refractivity contribution is 5.75. The molecule has 138 valence electrons. The van der Waals surface area contributed by atoms with Gasteiger partial charge in [0.2, 0.25) is 0 Å². The minimum absolute atomic E-state index is 0.0879. The lowest BCUT2D eigenvalue weighted by atomic mass is 9.85. The van der Waals surface area contributed by atoms with Crippen LogP contribution in [0.3, 0.4) is 0 Å². The van der Waals surface area contributed by atoms with E-state index in [1.165, 1.54) is 11.1 Å². The van der Waals surface area contributed by atoms with Gasteiger partial charge in [0.25, 0.3) is 0 Å². The summed E-state index contributed by atoms with van der Waals surface area (Å²) >= 11 is 0. The average molecular weight is 354 g/mol. The van der Waals surface area contributed by atoms with Gasteiger partial charge in [0.15, 0.2) is 11.5 Å². The van der Waals surface area contributed by atoms with Crippen LogP contribution >= 0.6 is 0 Å². The van der Waals surface area contributed by atoms with E-state index in [2.05, 4.69) is 31.2 Å². The van der Waals surface area contributed by atoms with Gasteiger partial charge >= 0.3 is 5.97 Å². The van der Waals surface area contributed by atoms with Gasteiger partial charge in [-0.1, -0.05) is 37.3 Å². The van der Waals surface area contributed by atoms with Crippen molar-refractivity contribution in [1.82, 2.24) is 0 Å². The molecule has 0 spiro atoms. The smallest absolute Gasteiger partial charge is 0.309 e. The molecule has 1 fully saturated rings. The molecule has 0 radical (unpaired) electrons. The first-order chi connectivity index (χ1) is 12.6. The first-order valence-corrected chi connectivity index (χ1v) is 9.10. The summed E-state index contributed by atoms with van der Waals surface area (Å²) < 4.78 is 16.1. The molecule has 0 saturated carbocycles. The number of cyclic esters (lactones) is 1.